The predicted molar refractivity (Wildman–Crippen MR) is 97.8 cm³/mol. The number of rotatable bonds is 6. The van der Waals surface area contributed by atoms with Crippen LogP contribution in [0.4, 0.5) is 0 Å². The first-order chi connectivity index (χ1) is 11.5. The van der Waals surface area contributed by atoms with Gasteiger partial charge in [0.1, 0.15) is 12.4 Å². The maximum Gasteiger partial charge on any atom is 0.338 e. The Morgan fingerprint density at radius 1 is 1.33 bits per heavy atom. The maximum absolute atomic E-state index is 12.5. The normalized spacial score (nSPS) is 17.2. The highest BCUT2D eigenvalue weighted by Gasteiger charge is 2.32. The minimum Gasteiger partial charge on any atom is -0.496 e. The van der Waals surface area contributed by atoms with Crippen LogP contribution >= 0.6 is 28.1 Å². The number of hydrogen-bond donors (Lipinski definition) is 2. The Kier molecular flexibility index (Phi) is 6.59. The van der Waals surface area contributed by atoms with E-state index in [0.717, 1.165) is 10.0 Å². The Morgan fingerprint density at radius 2 is 2.08 bits per heavy atom. The molecule has 6 nitrogen and oxygen atoms in total. The van der Waals surface area contributed by atoms with E-state index in [1.54, 1.807) is 21.1 Å². The Labute approximate surface area is 154 Å². The predicted octanol–water partition coefficient (Wildman–Crippen LogP) is 2.44. The van der Waals surface area contributed by atoms with Gasteiger partial charge in [-0.3, -0.25) is 0 Å². The van der Waals surface area contributed by atoms with Crippen LogP contribution < -0.4 is 15.4 Å². The fourth-order valence-corrected chi connectivity index (χ4v) is 3.07. The SMILES string of the molecule is COCCOC(=O)C1=C(C)NC(=S)N[C@@H]1c1cc(Br)ccc1OC. The van der Waals surface area contributed by atoms with E-state index in [-0.39, 0.29) is 6.61 Å². The lowest BCUT2D eigenvalue weighted by Crippen LogP contribution is -2.45. The van der Waals surface area contributed by atoms with Crippen LogP contribution in [0.1, 0.15) is 18.5 Å². The number of esters is 1. The Balaban J connectivity index is 2.41. The summed E-state index contributed by atoms with van der Waals surface area (Å²) in [5.74, 6) is 0.217. The second kappa shape index (κ2) is 8.46. The molecule has 0 aliphatic carbocycles. The first kappa shape index (κ1) is 18.7. The van der Waals surface area contributed by atoms with Crippen LogP contribution in [-0.2, 0) is 14.3 Å². The van der Waals surface area contributed by atoms with E-state index in [9.17, 15) is 4.79 Å². The van der Waals surface area contributed by atoms with Crippen LogP contribution in [-0.4, -0.2) is 38.5 Å². The van der Waals surface area contributed by atoms with Crippen LogP contribution in [0.3, 0.4) is 0 Å². The monoisotopic (exact) mass is 414 g/mol. The van der Waals surface area contributed by atoms with Crippen molar-refractivity contribution in [2.75, 3.05) is 27.4 Å². The third-order valence-electron chi connectivity index (χ3n) is 3.51. The summed E-state index contributed by atoms with van der Waals surface area (Å²) < 4.78 is 16.5. The van der Waals surface area contributed by atoms with Crippen molar-refractivity contribution in [2.45, 2.75) is 13.0 Å². The molecule has 0 radical (unpaired) electrons. The van der Waals surface area contributed by atoms with Gasteiger partial charge >= 0.3 is 5.97 Å². The van der Waals surface area contributed by atoms with Crippen LogP contribution in [0.5, 0.6) is 5.75 Å². The number of hydrogen-bond acceptors (Lipinski definition) is 5. The molecule has 130 valence electrons. The summed E-state index contributed by atoms with van der Waals surface area (Å²) in [6.45, 7) is 2.30. The molecule has 0 bridgehead atoms. The van der Waals surface area contributed by atoms with Crippen molar-refractivity contribution in [3.8, 4) is 5.75 Å². The molecule has 0 saturated carbocycles. The van der Waals surface area contributed by atoms with Gasteiger partial charge in [0.25, 0.3) is 0 Å². The lowest BCUT2D eigenvalue weighted by atomic mass is 9.95. The quantitative estimate of drug-likeness (QED) is 0.420. The fraction of sp³-hybridized carbons (Fsp3) is 0.375. The largest absolute Gasteiger partial charge is 0.496 e. The molecule has 1 aliphatic rings. The van der Waals surface area contributed by atoms with E-state index in [0.29, 0.717) is 28.7 Å². The first-order valence-corrected chi connectivity index (χ1v) is 8.45. The molecule has 0 saturated heterocycles. The summed E-state index contributed by atoms with van der Waals surface area (Å²) in [5.41, 5.74) is 1.89. The van der Waals surface area contributed by atoms with Crippen molar-refractivity contribution in [1.29, 1.82) is 0 Å². The zero-order valence-corrected chi connectivity index (χ0v) is 16.0. The number of carbonyl (C=O) groups is 1. The van der Waals surface area contributed by atoms with Gasteiger partial charge in [-0.25, -0.2) is 4.79 Å². The molecule has 1 aromatic carbocycles. The van der Waals surface area contributed by atoms with E-state index in [1.165, 1.54) is 0 Å². The zero-order chi connectivity index (χ0) is 17.7. The van der Waals surface area contributed by atoms with Crippen molar-refractivity contribution in [3.05, 3.63) is 39.5 Å². The highest BCUT2D eigenvalue weighted by Crippen LogP contribution is 2.35. The van der Waals surface area contributed by atoms with Crippen molar-refractivity contribution in [3.63, 3.8) is 0 Å². The van der Waals surface area contributed by atoms with Crippen LogP contribution in [0.15, 0.2) is 33.9 Å². The van der Waals surface area contributed by atoms with Gasteiger partial charge in [-0.15, -0.1) is 0 Å². The number of thiocarbonyl (C=S) groups is 1. The third-order valence-corrected chi connectivity index (χ3v) is 4.23. The third kappa shape index (κ3) is 4.25. The molecule has 1 heterocycles. The smallest absolute Gasteiger partial charge is 0.338 e. The average Bonchev–Trinajstić information content (AvgIpc) is 2.54. The zero-order valence-electron chi connectivity index (χ0n) is 13.6. The van der Waals surface area contributed by atoms with Gasteiger partial charge in [-0.2, -0.15) is 0 Å². The molecule has 1 aliphatic heterocycles. The highest BCUT2D eigenvalue weighted by molar-refractivity contribution is 9.10. The van der Waals surface area contributed by atoms with E-state index >= 15 is 0 Å². The van der Waals surface area contributed by atoms with Crippen LogP contribution in [0.2, 0.25) is 0 Å². The van der Waals surface area contributed by atoms with E-state index in [2.05, 4.69) is 26.6 Å². The molecule has 2 rings (SSSR count). The van der Waals surface area contributed by atoms with Gasteiger partial charge in [0, 0.05) is 22.8 Å². The Bertz CT molecular complexity index is 678. The average molecular weight is 415 g/mol. The number of methoxy groups -OCH3 is 2. The number of halogens is 1. The fourth-order valence-electron chi connectivity index (χ4n) is 2.42. The summed E-state index contributed by atoms with van der Waals surface area (Å²) >= 11 is 8.69. The van der Waals surface area contributed by atoms with E-state index < -0.39 is 12.0 Å². The summed E-state index contributed by atoms with van der Waals surface area (Å²) in [7, 11) is 3.13. The van der Waals surface area contributed by atoms with Gasteiger partial charge in [-0.1, -0.05) is 15.9 Å². The second-order valence-corrected chi connectivity index (χ2v) is 6.41. The molecule has 0 unspecified atom stereocenters. The van der Waals surface area contributed by atoms with Crippen molar-refractivity contribution >= 4 is 39.2 Å². The molecule has 2 N–H and O–H groups in total. The Hall–Kier alpha value is -1.64. The molecular formula is C16H19BrN2O4S. The van der Waals surface area contributed by atoms with Gasteiger partial charge < -0.3 is 24.8 Å². The van der Waals surface area contributed by atoms with Crippen molar-refractivity contribution in [1.82, 2.24) is 10.6 Å². The lowest BCUT2D eigenvalue weighted by Gasteiger charge is -2.30. The topological polar surface area (TPSA) is 68.8 Å². The van der Waals surface area contributed by atoms with E-state index in [1.807, 2.05) is 18.2 Å². The van der Waals surface area contributed by atoms with Gasteiger partial charge in [-0.05, 0) is 37.3 Å². The minimum absolute atomic E-state index is 0.179. The number of benzene rings is 1. The number of allylic oxidation sites excluding steroid dienone is 1. The summed E-state index contributed by atoms with van der Waals surface area (Å²) in [4.78, 5) is 12.5. The number of ether oxygens (including phenoxy) is 3. The summed E-state index contributed by atoms with van der Waals surface area (Å²) in [5, 5.41) is 6.52. The van der Waals surface area contributed by atoms with Crippen molar-refractivity contribution in [2.24, 2.45) is 0 Å². The van der Waals surface area contributed by atoms with Crippen LogP contribution in [0, 0.1) is 0 Å². The molecule has 24 heavy (non-hydrogen) atoms. The standard InChI is InChI=1S/C16H19BrN2O4S/c1-9-13(15(20)23-7-6-21-2)14(19-16(24)18-9)11-8-10(17)4-5-12(11)22-3/h4-5,8,14H,6-7H2,1-3H3,(H2,18,19,24)/t14-/m1/s1. The molecule has 0 amide bonds. The minimum atomic E-state index is -0.471. The first-order valence-electron chi connectivity index (χ1n) is 7.25. The van der Waals surface area contributed by atoms with Gasteiger partial charge in [0.05, 0.1) is 25.3 Å². The highest BCUT2D eigenvalue weighted by atomic mass is 79.9. The molecule has 0 fully saturated rings. The summed E-state index contributed by atoms with van der Waals surface area (Å²) in [6, 6.07) is 5.12. The molecule has 1 aromatic rings. The molecule has 0 aromatic heterocycles. The molecule has 8 heteroatoms. The molecular weight excluding hydrogens is 396 g/mol. The maximum atomic E-state index is 12.5. The van der Waals surface area contributed by atoms with Crippen LogP contribution in [0.25, 0.3) is 0 Å². The second-order valence-electron chi connectivity index (χ2n) is 5.09. The lowest BCUT2D eigenvalue weighted by molar-refractivity contribution is -0.140. The molecule has 0 spiro atoms. The Morgan fingerprint density at radius 3 is 2.75 bits per heavy atom. The number of nitrogens with one attached hydrogen (secondary N) is 2. The van der Waals surface area contributed by atoms with Gasteiger partial charge in [0.2, 0.25) is 0 Å². The van der Waals surface area contributed by atoms with Gasteiger partial charge in [0.15, 0.2) is 5.11 Å². The van der Waals surface area contributed by atoms with Crippen molar-refractivity contribution < 1.29 is 19.0 Å². The summed E-state index contributed by atoms with van der Waals surface area (Å²) in [6.07, 6.45) is 0. The number of carbonyl (C=O) groups excluding carboxylic acids is 1. The van der Waals surface area contributed by atoms with E-state index in [4.69, 9.17) is 26.4 Å². The molecule has 1 atom stereocenters.